The molecule has 0 aromatic heterocycles. The first-order valence-electron chi connectivity index (χ1n) is 7.88. The Hall–Kier alpha value is -2.38. The molecule has 4 heteroatoms. The smallest absolute Gasteiger partial charge is 0.146 e. The van der Waals surface area contributed by atoms with E-state index in [0.717, 1.165) is 29.9 Å². The average molecular weight is 309 g/mol. The Kier molecular flexibility index (Phi) is 4.06. The molecule has 2 aromatic carbocycles. The van der Waals surface area contributed by atoms with Crippen LogP contribution in [0.25, 0.3) is 0 Å². The maximum atomic E-state index is 13.5. The molecule has 4 N–H and O–H groups in total. The number of nitrogens with two attached hydrogens (primary N) is 2. The first kappa shape index (κ1) is 15.5. The van der Waals surface area contributed by atoms with Crippen molar-refractivity contribution in [2.45, 2.75) is 31.2 Å². The number of hydrogen-bond donors (Lipinski definition) is 2. The maximum absolute atomic E-state index is 13.5. The lowest BCUT2D eigenvalue weighted by molar-refractivity contribution is 0.454. The van der Waals surface area contributed by atoms with Gasteiger partial charge in [-0.25, -0.2) is 4.39 Å². The second-order valence-corrected chi connectivity index (χ2v) is 6.38. The molecule has 1 fully saturated rings. The summed E-state index contributed by atoms with van der Waals surface area (Å²) < 4.78 is 13.5. The van der Waals surface area contributed by atoms with Crippen LogP contribution in [0.15, 0.2) is 42.5 Å². The first-order chi connectivity index (χ1) is 11.0. The quantitative estimate of drug-likeness (QED) is 0.827. The van der Waals surface area contributed by atoms with Crippen LogP contribution in [0, 0.1) is 23.1 Å². The molecule has 1 unspecified atom stereocenters. The molecule has 0 amide bonds. The summed E-state index contributed by atoms with van der Waals surface area (Å²) in [7, 11) is 0. The van der Waals surface area contributed by atoms with E-state index in [0.29, 0.717) is 5.56 Å². The first-order valence-corrected chi connectivity index (χ1v) is 7.88. The fourth-order valence-corrected chi connectivity index (χ4v) is 2.98. The topological polar surface area (TPSA) is 75.8 Å². The second kappa shape index (κ2) is 6.02. The van der Waals surface area contributed by atoms with Crippen LogP contribution >= 0.6 is 0 Å². The molecule has 1 aliphatic carbocycles. The van der Waals surface area contributed by atoms with Crippen LogP contribution in [0.5, 0.6) is 0 Å². The van der Waals surface area contributed by atoms with Crippen LogP contribution in [-0.4, -0.2) is 0 Å². The molecule has 0 radical (unpaired) electrons. The summed E-state index contributed by atoms with van der Waals surface area (Å²) in [5, 5.41) is 9.15. The minimum atomic E-state index is -0.767. The van der Waals surface area contributed by atoms with Crippen LogP contribution in [0.4, 0.5) is 10.1 Å². The summed E-state index contributed by atoms with van der Waals surface area (Å²) in [5.74, 6) is 0.291. The number of nitrogens with zero attached hydrogens (tertiary/aromatic N) is 1. The van der Waals surface area contributed by atoms with E-state index in [1.807, 2.05) is 18.2 Å². The van der Waals surface area contributed by atoms with Crippen molar-refractivity contribution in [3.8, 4) is 6.07 Å². The normalized spacial score (nSPS) is 16.6. The standard InChI is InChI=1S/C19H20FN3/c20-17-7-6-16(11-18(17)22)19(23,9-8-13-4-5-13)15-3-1-2-14(10-15)12-21/h1-3,6-7,10-11,13H,4-5,8-9,22-23H2. The van der Waals surface area contributed by atoms with Crippen LogP contribution in [0.2, 0.25) is 0 Å². The van der Waals surface area contributed by atoms with Crippen molar-refractivity contribution in [2.24, 2.45) is 11.7 Å². The predicted octanol–water partition coefficient (Wildman–Crippen LogP) is 3.67. The fraction of sp³-hybridized carbons (Fsp3) is 0.316. The molecule has 1 atom stereocenters. The van der Waals surface area contributed by atoms with Crippen molar-refractivity contribution in [1.82, 2.24) is 0 Å². The van der Waals surface area contributed by atoms with Gasteiger partial charge in [0.15, 0.2) is 0 Å². The summed E-state index contributed by atoms with van der Waals surface area (Å²) in [5.41, 5.74) is 14.1. The van der Waals surface area contributed by atoms with Crippen LogP contribution < -0.4 is 11.5 Å². The third-order valence-corrected chi connectivity index (χ3v) is 4.66. The van der Waals surface area contributed by atoms with E-state index in [9.17, 15) is 4.39 Å². The number of nitriles is 1. The lowest BCUT2D eigenvalue weighted by Crippen LogP contribution is -2.38. The molecular formula is C19H20FN3. The van der Waals surface area contributed by atoms with Gasteiger partial charge in [0.1, 0.15) is 5.82 Å². The molecule has 0 aliphatic heterocycles. The van der Waals surface area contributed by atoms with Gasteiger partial charge >= 0.3 is 0 Å². The Morgan fingerprint density at radius 1 is 1.17 bits per heavy atom. The van der Waals surface area contributed by atoms with Gasteiger partial charge in [-0.2, -0.15) is 5.26 Å². The SMILES string of the molecule is N#Cc1cccc(C(N)(CCC2CC2)c2ccc(F)c(N)c2)c1. The molecule has 2 aromatic rings. The Bertz CT molecular complexity index is 761. The summed E-state index contributed by atoms with van der Waals surface area (Å²) in [6.07, 6.45) is 4.27. The van der Waals surface area contributed by atoms with Gasteiger partial charge in [-0.3, -0.25) is 0 Å². The number of halogens is 1. The van der Waals surface area contributed by atoms with E-state index in [-0.39, 0.29) is 5.69 Å². The van der Waals surface area contributed by atoms with Gasteiger partial charge in [0.2, 0.25) is 0 Å². The van der Waals surface area contributed by atoms with Gasteiger partial charge in [0.05, 0.1) is 22.9 Å². The summed E-state index contributed by atoms with van der Waals surface area (Å²) in [4.78, 5) is 0. The van der Waals surface area contributed by atoms with Crippen LogP contribution in [0.3, 0.4) is 0 Å². The molecule has 0 spiro atoms. The maximum Gasteiger partial charge on any atom is 0.146 e. The minimum absolute atomic E-state index is 0.0974. The van der Waals surface area contributed by atoms with Gasteiger partial charge in [0.25, 0.3) is 0 Å². The lowest BCUT2D eigenvalue weighted by Gasteiger charge is -2.31. The van der Waals surface area contributed by atoms with Crippen molar-refractivity contribution >= 4 is 5.69 Å². The highest BCUT2D eigenvalue weighted by atomic mass is 19.1. The van der Waals surface area contributed by atoms with E-state index in [1.54, 1.807) is 18.2 Å². The fourth-order valence-electron chi connectivity index (χ4n) is 2.98. The Balaban J connectivity index is 2.04. The summed E-state index contributed by atoms with van der Waals surface area (Å²) >= 11 is 0. The zero-order valence-electron chi connectivity index (χ0n) is 12.9. The molecule has 0 heterocycles. The van der Waals surface area contributed by atoms with Gasteiger partial charge in [0, 0.05) is 0 Å². The third kappa shape index (κ3) is 3.20. The van der Waals surface area contributed by atoms with Crippen molar-refractivity contribution < 1.29 is 4.39 Å². The minimum Gasteiger partial charge on any atom is -0.396 e. The lowest BCUT2D eigenvalue weighted by atomic mass is 9.79. The molecule has 118 valence electrons. The monoisotopic (exact) mass is 309 g/mol. The van der Waals surface area contributed by atoms with Crippen molar-refractivity contribution in [3.63, 3.8) is 0 Å². The van der Waals surface area contributed by atoms with Crippen molar-refractivity contribution in [2.75, 3.05) is 5.73 Å². The summed E-state index contributed by atoms with van der Waals surface area (Å²) in [6.45, 7) is 0. The van der Waals surface area contributed by atoms with E-state index in [2.05, 4.69) is 6.07 Å². The molecule has 1 saturated carbocycles. The van der Waals surface area contributed by atoms with E-state index in [4.69, 9.17) is 16.7 Å². The van der Waals surface area contributed by atoms with Crippen LogP contribution in [-0.2, 0) is 5.54 Å². The largest absolute Gasteiger partial charge is 0.396 e. The second-order valence-electron chi connectivity index (χ2n) is 6.38. The number of hydrogen-bond acceptors (Lipinski definition) is 3. The van der Waals surface area contributed by atoms with E-state index >= 15 is 0 Å². The highest BCUT2D eigenvalue weighted by Crippen LogP contribution is 2.40. The number of anilines is 1. The summed E-state index contributed by atoms with van der Waals surface area (Å²) in [6, 6.07) is 14.1. The molecule has 23 heavy (non-hydrogen) atoms. The van der Waals surface area contributed by atoms with Crippen molar-refractivity contribution in [1.29, 1.82) is 5.26 Å². The molecule has 3 rings (SSSR count). The van der Waals surface area contributed by atoms with Gasteiger partial charge in [-0.1, -0.05) is 31.0 Å². The number of benzene rings is 2. The zero-order valence-corrected chi connectivity index (χ0v) is 12.9. The molecule has 3 nitrogen and oxygen atoms in total. The number of rotatable bonds is 5. The Morgan fingerprint density at radius 2 is 1.91 bits per heavy atom. The highest BCUT2D eigenvalue weighted by Gasteiger charge is 2.33. The molecule has 1 aliphatic rings. The number of nitrogen functional groups attached to an aromatic ring is 1. The third-order valence-electron chi connectivity index (χ3n) is 4.66. The van der Waals surface area contributed by atoms with Gasteiger partial charge in [-0.05, 0) is 54.2 Å². The Morgan fingerprint density at radius 3 is 2.57 bits per heavy atom. The van der Waals surface area contributed by atoms with Crippen molar-refractivity contribution in [3.05, 3.63) is 65.0 Å². The van der Waals surface area contributed by atoms with E-state index < -0.39 is 11.4 Å². The molecule has 0 saturated heterocycles. The average Bonchev–Trinajstić information content (AvgIpc) is 3.39. The molecule has 0 bridgehead atoms. The molecular weight excluding hydrogens is 289 g/mol. The highest BCUT2D eigenvalue weighted by molar-refractivity contribution is 5.49. The Labute approximate surface area is 135 Å². The predicted molar refractivity (Wildman–Crippen MR) is 88.9 cm³/mol. The van der Waals surface area contributed by atoms with E-state index in [1.165, 1.54) is 18.9 Å². The van der Waals surface area contributed by atoms with Gasteiger partial charge in [-0.15, -0.1) is 0 Å². The zero-order chi connectivity index (χ0) is 16.4. The van der Waals surface area contributed by atoms with Crippen LogP contribution in [0.1, 0.15) is 42.4 Å². The van der Waals surface area contributed by atoms with Gasteiger partial charge < -0.3 is 11.5 Å².